The van der Waals surface area contributed by atoms with Crippen molar-refractivity contribution in [1.82, 2.24) is 9.97 Å². The van der Waals surface area contributed by atoms with Crippen LogP contribution in [0.25, 0.3) is 10.9 Å². The van der Waals surface area contributed by atoms with Gasteiger partial charge in [-0.25, -0.2) is 9.78 Å². The number of carbonyl (C=O) groups is 2. The van der Waals surface area contributed by atoms with E-state index < -0.39 is 12.1 Å². The average Bonchev–Trinajstić information content (AvgIpc) is 3.18. The Hall–Kier alpha value is -3.15. The second-order valence-electron chi connectivity index (χ2n) is 6.27. The number of pyridine rings is 1. The van der Waals surface area contributed by atoms with Crippen LogP contribution in [0.1, 0.15) is 32.5 Å². The summed E-state index contributed by atoms with van der Waals surface area (Å²) in [4.78, 5) is 33.1. The minimum absolute atomic E-state index is 0.0887. The number of benzene rings is 2. The van der Waals surface area contributed by atoms with Crippen LogP contribution >= 0.6 is 23.2 Å². The fraction of sp³-hybridized carbons (Fsp3) is 0.0455. The van der Waals surface area contributed by atoms with E-state index in [1.807, 2.05) is 30.3 Å². The number of esters is 1. The maximum Gasteiger partial charge on any atom is 0.359 e. The van der Waals surface area contributed by atoms with Gasteiger partial charge in [-0.1, -0.05) is 71.7 Å². The third kappa shape index (κ3) is 3.88. The number of carbonyl (C=O) groups excluding carboxylic acids is 2. The van der Waals surface area contributed by atoms with Crippen LogP contribution in [0.4, 0.5) is 0 Å². The van der Waals surface area contributed by atoms with E-state index in [0.717, 1.165) is 10.9 Å². The van der Waals surface area contributed by atoms with Crippen molar-refractivity contribution in [1.29, 1.82) is 0 Å². The molecule has 7 heteroatoms. The molecule has 0 aliphatic heterocycles. The van der Waals surface area contributed by atoms with E-state index in [9.17, 15) is 9.59 Å². The van der Waals surface area contributed by atoms with Crippen molar-refractivity contribution in [2.24, 2.45) is 0 Å². The molecule has 1 atom stereocenters. The molecule has 4 aromatic rings. The molecule has 2 heterocycles. The summed E-state index contributed by atoms with van der Waals surface area (Å²) in [5, 5.41) is 0.930. The van der Waals surface area contributed by atoms with Gasteiger partial charge in [0.05, 0.1) is 5.02 Å². The van der Waals surface area contributed by atoms with E-state index in [4.69, 9.17) is 27.9 Å². The highest BCUT2D eigenvalue weighted by molar-refractivity contribution is 6.34. The quantitative estimate of drug-likeness (QED) is 0.255. The fourth-order valence-corrected chi connectivity index (χ4v) is 3.37. The summed E-state index contributed by atoms with van der Waals surface area (Å²) in [6, 6.07) is 19.1. The molecule has 0 radical (unpaired) electrons. The number of halogens is 2. The Balaban J connectivity index is 1.73. The number of H-pyrrole nitrogens is 1. The van der Waals surface area contributed by atoms with E-state index >= 15 is 0 Å². The number of hydrogen-bond acceptors (Lipinski definition) is 4. The molecule has 5 nitrogen and oxygen atoms in total. The first kappa shape index (κ1) is 19.2. The van der Waals surface area contributed by atoms with Gasteiger partial charge in [0.15, 0.2) is 11.8 Å². The number of para-hydroxylation sites is 1. The largest absolute Gasteiger partial charge is 0.444 e. The van der Waals surface area contributed by atoms with Gasteiger partial charge >= 0.3 is 5.97 Å². The van der Waals surface area contributed by atoms with Crippen molar-refractivity contribution >= 4 is 45.9 Å². The molecule has 0 aliphatic carbocycles. The number of aromatic amines is 1. The third-order valence-electron chi connectivity index (χ3n) is 4.43. The van der Waals surface area contributed by atoms with Crippen molar-refractivity contribution in [2.45, 2.75) is 6.10 Å². The Morgan fingerprint density at radius 2 is 1.66 bits per heavy atom. The second-order valence-corrected chi connectivity index (χ2v) is 7.07. The maximum atomic E-state index is 13.4. The van der Waals surface area contributed by atoms with E-state index in [-0.39, 0.29) is 21.7 Å². The zero-order valence-electron chi connectivity index (χ0n) is 14.9. The minimum atomic E-state index is -1.17. The highest BCUT2D eigenvalue weighted by Gasteiger charge is 2.29. The predicted octanol–water partition coefficient (Wildman–Crippen LogP) is 5.65. The zero-order valence-corrected chi connectivity index (χ0v) is 16.4. The van der Waals surface area contributed by atoms with Gasteiger partial charge in [-0.3, -0.25) is 4.79 Å². The Kier molecular flexibility index (Phi) is 5.34. The predicted molar refractivity (Wildman–Crippen MR) is 111 cm³/mol. The van der Waals surface area contributed by atoms with Crippen LogP contribution in [0, 0.1) is 0 Å². The molecule has 0 spiro atoms. The summed E-state index contributed by atoms with van der Waals surface area (Å²) >= 11 is 11.9. The number of ether oxygens (including phenoxy) is 1. The van der Waals surface area contributed by atoms with E-state index in [1.165, 1.54) is 12.1 Å². The van der Waals surface area contributed by atoms with Crippen molar-refractivity contribution in [2.75, 3.05) is 0 Å². The minimum Gasteiger partial charge on any atom is -0.444 e. The van der Waals surface area contributed by atoms with Crippen LogP contribution in [-0.2, 0) is 4.74 Å². The molecule has 0 amide bonds. The number of nitrogens with zero attached hydrogens (tertiary/aromatic N) is 1. The summed E-state index contributed by atoms with van der Waals surface area (Å²) < 4.78 is 5.59. The van der Waals surface area contributed by atoms with Gasteiger partial charge in [-0.15, -0.1) is 0 Å². The number of rotatable bonds is 5. The molecule has 29 heavy (non-hydrogen) atoms. The number of fused-ring (bicyclic) bond motifs is 1. The molecule has 4 rings (SSSR count). The lowest BCUT2D eigenvalue weighted by atomic mass is 9.99. The molecule has 0 fully saturated rings. The van der Waals surface area contributed by atoms with Crippen molar-refractivity contribution in [3.63, 3.8) is 0 Å². The third-order valence-corrected chi connectivity index (χ3v) is 4.94. The van der Waals surface area contributed by atoms with Crippen LogP contribution in [0.5, 0.6) is 0 Å². The van der Waals surface area contributed by atoms with E-state index in [1.54, 1.807) is 30.5 Å². The summed E-state index contributed by atoms with van der Waals surface area (Å²) in [5.41, 5.74) is 1.63. The molecular weight excluding hydrogens is 411 g/mol. The van der Waals surface area contributed by atoms with Gasteiger partial charge in [-0.05, 0) is 18.2 Å². The normalized spacial score (nSPS) is 11.9. The lowest BCUT2D eigenvalue weighted by Gasteiger charge is -2.17. The summed E-state index contributed by atoms with van der Waals surface area (Å²) in [7, 11) is 0. The van der Waals surface area contributed by atoms with Gasteiger partial charge in [0, 0.05) is 28.2 Å². The second kappa shape index (κ2) is 8.07. The number of Topliss-reactive ketones (excluding diaryl/α,β-unsaturated/α-hetero) is 1. The van der Waals surface area contributed by atoms with Crippen LogP contribution in [0.15, 0.2) is 72.9 Å². The van der Waals surface area contributed by atoms with Crippen LogP contribution in [0.2, 0.25) is 10.2 Å². The number of nitrogens with one attached hydrogen (secondary N) is 1. The molecule has 0 bridgehead atoms. The van der Waals surface area contributed by atoms with Gasteiger partial charge in [0.25, 0.3) is 0 Å². The fourth-order valence-electron chi connectivity index (χ4n) is 3.04. The molecule has 2 aromatic heterocycles. The molecule has 0 aliphatic rings. The van der Waals surface area contributed by atoms with Gasteiger partial charge in [0.1, 0.15) is 5.15 Å². The molecular formula is C22H14Cl2N2O3. The number of ketones is 1. The first-order chi connectivity index (χ1) is 14.0. The smallest absolute Gasteiger partial charge is 0.359 e. The van der Waals surface area contributed by atoms with Crippen LogP contribution in [-0.4, -0.2) is 21.7 Å². The van der Waals surface area contributed by atoms with E-state index in [2.05, 4.69) is 9.97 Å². The van der Waals surface area contributed by atoms with Crippen molar-refractivity contribution in [3.8, 4) is 0 Å². The van der Waals surface area contributed by atoms with Gasteiger partial charge in [0.2, 0.25) is 5.78 Å². The molecule has 144 valence electrons. The molecule has 0 saturated heterocycles. The molecule has 0 saturated carbocycles. The summed E-state index contributed by atoms with van der Waals surface area (Å²) in [5.74, 6) is -1.19. The maximum absolute atomic E-state index is 13.4. The number of hydrogen-bond donors (Lipinski definition) is 1. The van der Waals surface area contributed by atoms with Gasteiger partial charge in [-0.2, -0.15) is 0 Å². The van der Waals surface area contributed by atoms with Crippen molar-refractivity contribution < 1.29 is 14.3 Å². The Morgan fingerprint density at radius 1 is 0.931 bits per heavy atom. The Bertz CT molecular complexity index is 1210. The van der Waals surface area contributed by atoms with Crippen LogP contribution < -0.4 is 0 Å². The summed E-state index contributed by atoms with van der Waals surface area (Å²) in [6.07, 6.45) is 0.446. The molecule has 2 aromatic carbocycles. The highest BCUT2D eigenvalue weighted by Crippen LogP contribution is 2.29. The lowest BCUT2D eigenvalue weighted by molar-refractivity contribution is 0.0275. The Labute approximate surface area is 176 Å². The monoisotopic (exact) mass is 424 g/mol. The SMILES string of the molecule is O=C(O[C@H](C(=O)c1c[nH]c2ccccc12)c1ccccc1)c1nc(Cl)ccc1Cl. The highest BCUT2D eigenvalue weighted by atomic mass is 35.5. The van der Waals surface area contributed by atoms with Crippen LogP contribution in [0.3, 0.4) is 0 Å². The first-order valence-electron chi connectivity index (χ1n) is 8.73. The zero-order chi connectivity index (χ0) is 20.4. The van der Waals surface area contributed by atoms with E-state index in [0.29, 0.717) is 11.1 Å². The Morgan fingerprint density at radius 3 is 2.45 bits per heavy atom. The van der Waals surface area contributed by atoms with Crippen molar-refractivity contribution in [3.05, 3.63) is 99.9 Å². The number of aromatic nitrogens is 2. The molecule has 0 unspecified atom stereocenters. The molecule has 1 N–H and O–H groups in total. The average molecular weight is 425 g/mol. The standard InChI is InChI=1S/C22H14Cl2N2O3/c23-16-10-11-18(24)26-19(16)22(28)29-21(13-6-2-1-3-7-13)20(27)15-12-25-17-9-5-4-8-14(15)17/h1-12,21,25H/t21-/m0/s1. The summed E-state index contributed by atoms with van der Waals surface area (Å²) in [6.45, 7) is 0. The first-order valence-corrected chi connectivity index (χ1v) is 9.48. The topological polar surface area (TPSA) is 72.1 Å². The van der Waals surface area contributed by atoms with Gasteiger partial charge < -0.3 is 9.72 Å². The lowest BCUT2D eigenvalue weighted by Crippen LogP contribution is -2.21.